The van der Waals surface area contributed by atoms with E-state index in [1.54, 1.807) is 6.07 Å². The van der Waals surface area contributed by atoms with E-state index >= 15 is 0 Å². The summed E-state index contributed by atoms with van der Waals surface area (Å²) < 4.78 is 37.9. The molecule has 2 aromatic rings. The highest BCUT2D eigenvalue weighted by Crippen LogP contribution is 2.49. The number of rotatable bonds is 4. The molecule has 4 nitrogen and oxygen atoms in total. The molecule has 1 aromatic heterocycles. The first-order chi connectivity index (χ1) is 11.3. The summed E-state index contributed by atoms with van der Waals surface area (Å²) in [5.74, 6) is -1.98. The zero-order valence-electron chi connectivity index (χ0n) is 13.8. The van der Waals surface area contributed by atoms with Crippen molar-refractivity contribution in [2.24, 2.45) is 5.92 Å². The lowest BCUT2D eigenvalue weighted by atomic mass is 9.93. The number of carbonyl (C=O) groups is 1. The molecule has 0 spiro atoms. The summed E-state index contributed by atoms with van der Waals surface area (Å²) in [4.78, 5) is 12.1. The molecule has 2 atom stereocenters. The minimum Gasteiger partial charge on any atom is -0.459 e. The normalized spacial score (nSPS) is 20.0. The van der Waals surface area contributed by atoms with E-state index in [0.29, 0.717) is 17.9 Å². The number of ether oxygens (including phenoxy) is 1. The van der Waals surface area contributed by atoms with Crippen LogP contribution < -0.4 is 0 Å². The van der Waals surface area contributed by atoms with E-state index in [4.69, 9.17) is 9.26 Å². The Bertz CT molecular complexity index is 744. The standard InChI is InChI=1S/C18H19F2NO3/c1-18(2,3)15-7-10(21-24-15)9-23-17(22)12-8-11(12)16-13(19)5-4-6-14(16)20/h4-7,11-12H,8-9H2,1-3H3/t11-,12+/m0/s1. The van der Waals surface area contributed by atoms with Crippen LogP contribution in [0, 0.1) is 17.6 Å². The van der Waals surface area contributed by atoms with Gasteiger partial charge in [-0.15, -0.1) is 0 Å². The molecule has 0 radical (unpaired) electrons. The van der Waals surface area contributed by atoms with Crippen LogP contribution in [0.5, 0.6) is 0 Å². The first kappa shape index (κ1) is 16.6. The molecule has 0 amide bonds. The number of hydrogen-bond acceptors (Lipinski definition) is 4. The average Bonchev–Trinajstić information content (AvgIpc) is 3.11. The van der Waals surface area contributed by atoms with Crippen LogP contribution in [-0.4, -0.2) is 11.1 Å². The van der Waals surface area contributed by atoms with E-state index in [-0.39, 0.29) is 17.6 Å². The van der Waals surface area contributed by atoms with Gasteiger partial charge in [-0.2, -0.15) is 0 Å². The fourth-order valence-corrected chi connectivity index (χ4v) is 2.62. The summed E-state index contributed by atoms with van der Waals surface area (Å²) in [7, 11) is 0. The molecule has 0 aliphatic heterocycles. The largest absolute Gasteiger partial charge is 0.459 e. The second-order valence-electron chi connectivity index (χ2n) is 7.12. The lowest BCUT2D eigenvalue weighted by Crippen LogP contribution is -2.10. The molecular formula is C18H19F2NO3. The van der Waals surface area contributed by atoms with E-state index in [9.17, 15) is 13.6 Å². The van der Waals surface area contributed by atoms with Crippen molar-refractivity contribution < 1.29 is 22.8 Å². The maximum atomic E-state index is 13.7. The predicted octanol–water partition coefficient (Wildman–Crippen LogP) is 4.10. The fourth-order valence-electron chi connectivity index (χ4n) is 2.62. The van der Waals surface area contributed by atoms with Crippen molar-refractivity contribution in [2.75, 3.05) is 0 Å². The fraction of sp³-hybridized carbons (Fsp3) is 0.444. The van der Waals surface area contributed by atoms with Gasteiger partial charge in [0.05, 0.1) is 5.92 Å². The van der Waals surface area contributed by atoms with Crippen molar-refractivity contribution in [3.05, 3.63) is 52.9 Å². The van der Waals surface area contributed by atoms with Gasteiger partial charge >= 0.3 is 5.97 Å². The smallest absolute Gasteiger partial charge is 0.309 e. The number of halogens is 2. The maximum absolute atomic E-state index is 13.7. The number of benzene rings is 1. The molecule has 1 aliphatic rings. The Morgan fingerprint density at radius 2 is 2.00 bits per heavy atom. The topological polar surface area (TPSA) is 52.3 Å². The Morgan fingerprint density at radius 1 is 1.33 bits per heavy atom. The van der Waals surface area contributed by atoms with Crippen molar-refractivity contribution in [3.63, 3.8) is 0 Å². The summed E-state index contributed by atoms with van der Waals surface area (Å²) in [5.41, 5.74) is 0.303. The average molecular weight is 335 g/mol. The molecule has 0 unspecified atom stereocenters. The Morgan fingerprint density at radius 3 is 2.58 bits per heavy atom. The SMILES string of the molecule is CC(C)(C)c1cc(COC(=O)[C@@H]2C[C@@H]2c2c(F)cccc2F)no1. The minimum absolute atomic E-state index is 0.0125. The molecule has 0 saturated heterocycles. The highest BCUT2D eigenvalue weighted by Gasteiger charge is 2.47. The molecule has 1 fully saturated rings. The molecular weight excluding hydrogens is 316 g/mol. The molecule has 1 aliphatic carbocycles. The molecule has 0 N–H and O–H groups in total. The molecule has 1 heterocycles. The summed E-state index contributed by atoms with van der Waals surface area (Å²) in [6, 6.07) is 5.44. The van der Waals surface area contributed by atoms with Gasteiger partial charge in [-0.25, -0.2) is 8.78 Å². The molecule has 128 valence electrons. The number of carbonyl (C=O) groups excluding carboxylic acids is 1. The number of hydrogen-bond donors (Lipinski definition) is 0. The Kier molecular flexibility index (Phi) is 4.15. The lowest BCUT2D eigenvalue weighted by molar-refractivity contribution is -0.146. The van der Waals surface area contributed by atoms with Gasteiger partial charge in [0, 0.05) is 23.0 Å². The Balaban J connectivity index is 1.59. The van der Waals surface area contributed by atoms with Crippen molar-refractivity contribution >= 4 is 5.97 Å². The first-order valence-electron chi connectivity index (χ1n) is 7.84. The monoisotopic (exact) mass is 335 g/mol. The minimum atomic E-state index is -0.623. The van der Waals surface area contributed by atoms with Crippen LogP contribution in [0.25, 0.3) is 0 Å². The zero-order chi connectivity index (χ0) is 17.5. The van der Waals surface area contributed by atoms with Crippen molar-refractivity contribution in [1.82, 2.24) is 5.16 Å². The summed E-state index contributed by atoms with van der Waals surface area (Å²) in [6.45, 7) is 5.95. The third-order valence-electron chi connectivity index (χ3n) is 4.12. The van der Waals surface area contributed by atoms with Crippen molar-refractivity contribution in [1.29, 1.82) is 0 Å². The van der Waals surface area contributed by atoms with Crippen molar-refractivity contribution in [3.8, 4) is 0 Å². The van der Waals surface area contributed by atoms with Crippen LogP contribution in [-0.2, 0) is 21.6 Å². The van der Waals surface area contributed by atoms with Crippen LogP contribution in [0.15, 0.2) is 28.8 Å². The maximum Gasteiger partial charge on any atom is 0.309 e. The van der Waals surface area contributed by atoms with Crippen LogP contribution in [0.4, 0.5) is 8.78 Å². The summed E-state index contributed by atoms with van der Waals surface area (Å²) >= 11 is 0. The van der Waals surface area contributed by atoms with E-state index < -0.39 is 29.4 Å². The van der Waals surface area contributed by atoms with Gasteiger partial charge in [0.1, 0.15) is 29.7 Å². The molecule has 0 bridgehead atoms. The Hall–Kier alpha value is -2.24. The van der Waals surface area contributed by atoms with Crippen LogP contribution in [0.2, 0.25) is 0 Å². The van der Waals surface area contributed by atoms with Crippen molar-refractivity contribution in [2.45, 2.75) is 45.1 Å². The van der Waals surface area contributed by atoms with Crippen LogP contribution >= 0.6 is 0 Å². The van der Waals surface area contributed by atoms with E-state index in [1.165, 1.54) is 18.2 Å². The third-order valence-corrected chi connectivity index (χ3v) is 4.12. The first-order valence-corrected chi connectivity index (χ1v) is 7.84. The quantitative estimate of drug-likeness (QED) is 0.790. The van der Waals surface area contributed by atoms with Gasteiger partial charge < -0.3 is 9.26 Å². The predicted molar refractivity (Wildman–Crippen MR) is 82.2 cm³/mol. The molecule has 6 heteroatoms. The van der Waals surface area contributed by atoms with Crippen LogP contribution in [0.1, 0.15) is 50.1 Å². The second-order valence-corrected chi connectivity index (χ2v) is 7.12. The Labute approximate surface area is 138 Å². The number of nitrogens with zero attached hydrogens (tertiary/aromatic N) is 1. The van der Waals surface area contributed by atoms with Gasteiger partial charge in [0.15, 0.2) is 0 Å². The van der Waals surface area contributed by atoms with Gasteiger partial charge in [-0.1, -0.05) is 32.0 Å². The summed E-state index contributed by atoms with van der Waals surface area (Å²) in [5, 5.41) is 3.87. The van der Waals surface area contributed by atoms with Gasteiger partial charge in [0.25, 0.3) is 0 Å². The second kappa shape index (κ2) is 6.00. The van der Waals surface area contributed by atoms with E-state index in [2.05, 4.69) is 5.16 Å². The van der Waals surface area contributed by atoms with Gasteiger partial charge in [-0.3, -0.25) is 4.79 Å². The molecule has 3 rings (SSSR count). The van der Waals surface area contributed by atoms with E-state index in [1.807, 2.05) is 20.8 Å². The highest BCUT2D eigenvalue weighted by molar-refractivity contribution is 5.77. The summed E-state index contributed by atoms with van der Waals surface area (Å²) in [6.07, 6.45) is 0.392. The third kappa shape index (κ3) is 3.32. The highest BCUT2D eigenvalue weighted by atomic mass is 19.1. The van der Waals surface area contributed by atoms with Gasteiger partial charge in [0.2, 0.25) is 0 Å². The van der Waals surface area contributed by atoms with Gasteiger partial charge in [-0.05, 0) is 18.6 Å². The van der Waals surface area contributed by atoms with E-state index in [0.717, 1.165) is 0 Å². The molecule has 24 heavy (non-hydrogen) atoms. The number of esters is 1. The molecule has 1 saturated carbocycles. The zero-order valence-corrected chi connectivity index (χ0v) is 13.8. The van der Waals surface area contributed by atoms with Crippen LogP contribution in [0.3, 0.4) is 0 Å². The number of aromatic nitrogens is 1. The molecule has 1 aromatic carbocycles. The lowest BCUT2D eigenvalue weighted by Gasteiger charge is -2.12.